The van der Waals surface area contributed by atoms with Crippen LogP contribution in [-0.2, 0) is 25.0 Å². The molecule has 40 heavy (non-hydrogen) atoms. The Morgan fingerprint density at radius 3 is 1.23 bits per heavy atom. The molecular weight excluding hydrogens is 578 g/mol. The van der Waals surface area contributed by atoms with Gasteiger partial charge in [-0.05, 0) is 24.3 Å². The second kappa shape index (κ2) is 15.3. The van der Waals surface area contributed by atoms with Gasteiger partial charge in [0.15, 0.2) is 0 Å². The number of nitro groups is 2. The molecule has 0 aliphatic rings. The van der Waals surface area contributed by atoms with Crippen LogP contribution in [0.3, 0.4) is 0 Å². The number of carbonyl (C=O) groups is 2. The predicted octanol–water partition coefficient (Wildman–Crippen LogP) is 1.78. The molecule has 5 aromatic rings. The van der Waals surface area contributed by atoms with Gasteiger partial charge >= 0.3 is 19.5 Å². The number of pyridine rings is 2. The zero-order chi connectivity index (χ0) is 27.7. The van der Waals surface area contributed by atoms with E-state index in [0.29, 0.717) is 0 Å². The molecule has 3 aromatic carbocycles. The van der Waals surface area contributed by atoms with Gasteiger partial charge in [0, 0.05) is 35.3 Å². The van der Waals surface area contributed by atoms with Gasteiger partial charge in [0.25, 0.3) is 11.4 Å². The number of carboxylic acids is 2. The smallest absolute Gasteiger partial charge is 0.545 e. The van der Waals surface area contributed by atoms with Crippen LogP contribution in [0.25, 0.3) is 21.8 Å². The molecular formula is C26H19N4O9Zn+. The van der Waals surface area contributed by atoms with Gasteiger partial charge in [-0.25, -0.2) is 0 Å². The van der Waals surface area contributed by atoms with Crippen molar-refractivity contribution in [1.29, 1.82) is 0 Å². The predicted molar refractivity (Wildman–Crippen MR) is 137 cm³/mol. The normalized spacial score (nSPS) is 9.40. The van der Waals surface area contributed by atoms with Gasteiger partial charge in [0.1, 0.15) is 0 Å². The summed E-state index contributed by atoms with van der Waals surface area (Å²) in [6.45, 7) is 0. The zero-order valence-electron chi connectivity index (χ0n) is 20.6. The first kappa shape index (κ1) is 32.8. The van der Waals surface area contributed by atoms with Crippen molar-refractivity contribution < 1.29 is 54.6 Å². The molecule has 0 saturated carbocycles. The maximum absolute atomic E-state index is 10.3. The average Bonchev–Trinajstić information content (AvgIpc) is 2.93. The Morgan fingerprint density at radius 2 is 0.925 bits per heavy atom. The number of hydrogen-bond acceptors (Lipinski definition) is 10. The van der Waals surface area contributed by atoms with Crippen LogP contribution in [0.5, 0.6) is 0 Å². The zero-order valence-corrected chi connectivity index (χ0v) is 23.5. The van der Waals surface area contributed by atoms with E-state index in [2.05, 4.69) is 34.2 Å². The number of hydrogen-bond donors (Lipinski definition) is 0. The molecule has 2 aromatic heterocycles. The van der Waals surface area contributed by atoms with Crippen molar-refractivity contribution >= 4 is 45.1 Å². The summed E-state index contributed by atoms with van der Waals surface area (Å²) in [7, 11) is 0. The van der Waals surface area contributed by atoms with Crippen molar-refractivity contribution in [3.8, 4) is 0 Å². The first-order valence-corrected chi connectivity index (χ1v) is 10.7. The van der Waals surface area contributed by atoms with E-state index >= 15 is 0 Å². The molecule has 2 heterocycles. The molecule has 5 rings (SSSR count). The van der Waals surface area contributed by atoms with Crippen LogP contribution < -0.4 is 10.2 Å². The van der Waals surface area contributed by atoms with Crippen molar-refractivity contribution in [2.24, 2.45) is 0 Å². The molecule has 0 unspecified atom stereocenters. The van der Waals surface area contributed by atoms with Crippen molar-refractivity contribution in [3.63, 3.8) is 0 Å². The molecule has 198 valence electrons. The fraction of sp³-hybridized carbons (Fsp3) is 0. The van der Waals surface area contributed by atoms with Crippen LogP contribution in [0.4, 0.5) is 11.4 Å². The second-order valence-corrected chi connectivity index (χ2v) is 7.34. The first-order valence-electron chi connectivity index (χ1n) is 10.7. The first-order chi connectivity index (χ1) is 18.2. The number of para-hydroxylation sites is 2. The Labute approximate surface area is 238 Å². The van der Waals surface area contributed by atoms with Gasteiger partial charge in [0.05, 0.1) is 43.9 Å². The van der Waals surface area contributed by atoms with E-state index < -0.39 is 44.3 Å². The number of carbonyl (C=O) groups excluding carboxylic acids is 2. The van der Waals surface area contributed by atoms with Gasteiger partial charge in [-0.1, -0.05) is 48.5 Å². The average molecular weight is 597 g/mol. The maximum atomic E-state index is 10.3. The van der Waals surface area contributed by atoms with Crippen LogP contribution in [0.1, 0.15) is 20.7 Å². The molecule has 0 amide bonds. The molecule has 14 heteroatoms. The molecule has 0 aliphatic heterocycles. The summed E-state index contributed by atoms with van der Waals surface area (Å²) in [6, 6.07) is 22.2. The fourth-order valence-electron chi connectivity index (χ4n) is 3.29. The van der Waals surface area contributed by atoms with Gasteiger partial charge in [-0.2, -0.15) is 0 Å². The van der Waals surface area contributed by atoms with Crippen LogP contribution in [0.2, 0.25) is 0 Å². The minimum Gasteiger partial charge on any atom is -0.545 e. The third kappa shape index (κ3) is 8.15. The summed E-state index contributed by atoms with van der Waals surface area (Å²) in [6.07, 6.45) is 3.60. The van der Waals surface area contributed by atoms with E-state index in [0.717, 1.165) is 46.1 Å². The monoisotopic (exact) mass is 595 g/mol. The van der Waals surface area contributed by atoms with E-state index in [1.807, 2.05) is 12.1 Å². The summed E-state index contributed by atoms with van der Waals surface area (Å²) >= 11 is 0. The SMILES string of the molecule is O=C([O-])c1ccccc1[N+](=O)[O-].O=C([O-])c1ccccc1[N+](=O)[O-].[OH3+].[Zn+2].c1cnc2c(c1)ccc1cccnc12. The van der Waals surface area contributed by atoms with E-state index in [9.17, 15) is 40.0 Å². The van der Waals surface area contributed by atoms with Crippen molar-refractivity contribution in [2.75, 3.05) is 0 Å². The number of nitrogens with zero attached hydrogens (tertiary/aromatic N) is 4. The Balaban J connectivity index is 0.000000295. The fourth-order valence-corrected chi connectivity index (χ4v) is 3.29. The van der Waals surface area contributed by atoms with Crippen LogP contribution in [0.15, 0.2) is 97.3 Å². The Kier molecular flexibility index (Phi) is 12.5. The van der Waals surface area contributed by atoms with Crippen molar-refractivity contribution in [1.82, 2.24) is 9.97 Å². The number of benzene rings is 3. The second-order valence-electron chi connectivity index (χ2n) is 7.34. The molecule has 0 saturated heterocycles. The molecule has 13 nitrogen and oxygen atoms in total. The molecule has 0 spiro atoms. The molecule has 0 aliphatic carbocycles. The summed E-state index contributed by atoms with van der Waals surface area (Å²) in [5.41, 5.74) is 0.260. The number of aromatic carboxylic acids is 2. The molecule has 0 radical (unpaired) electrons. The van der Waals surface area contributed by atoms with Crippen LogP contribution >= 0.6 is 0 Å². The maximum Gasteiger partial charge on any atom is 2.00 e. The molecule has 0 fully saturated rings. The van der Waals surface area contributed by atoms with Crippen molar-refractivity contribution in [3.05, 3.63) is 129 Å². The Morgan fingerprint density at radius 1 is 0.575 bits per heavy atom. The van der Waals surface area contributed by atoms with Gasteiger partial charge in [0.2, 0.25) is 0 Å². The third-order valence-electron chi connectivity index (χ3n) is 4.99. The minimum atomic E-state index is -1.54. The quantitative estimate of drug-likeness (QED) is 0.0960. The summed E-state index contributed by atoms with van der Waals surface area (Å²) in [4.78, 5) is 48.3. The number of fused-ring (bicyclic) bond motifs is 3. The van der Waals surface area contributed by atoms with Crippen LogP contribution in [-0.4, -0.2) is 31.8 Å². The Bertz CT molecular complexity index is 1480. The number of nitro benzene ring substituents is 2. The van der Waals surface area contributed by atoms with Gasteiger partial charge < -0.3 is 25.3 Å². The van der Waals surface area contributed by atoms with Crippen LogP contribution in [0, 0.1) is 20.2 Å². The minimum absolute atomic E-state index is 0. The van der Waals surface area contributed by atoms with Crippen molar-refractivity contribution in [2.45, 2.75) is 0 Å². The Hall–Kier alpha value is -5.20. The topological polar surface area (TPSA) is 225 Å². The molecule has 0 atom stereocenters. The van der Waals surface area contributed by atoms with Gasteiger partial charge in [-0.15, -0.1) is 0 Å². The largest absolute Gasteiger partial charge is 2.00 e. The summed E-state index contributed by atoms with van der Waals surface area (Å²) < 4.78 is 0. The number of carboxylic acid groups (broad SMARTS) is 2. The summed E-state index contributed by atoms with van der Waals surface area (Å²) in [5, 5.41) is 43.4. The molecule has 0 bridgehead atoms. The van der Waals surface area contributed by atoms with E-state index in [-0.39, 0.29) is 25.0 Å². The molecule has 3 N–H and O–H groups in total. The number of aromatic nitrogens is 2. The summed E-state index contributed by atoms with van der Waals surface area (Å²) in [5.74, 6) is -3.08. The van der Waals surface area contributed by atoms with E-state index in [4.69, 9.17) is 0 Å². The van der Waals surface area contributed by atoms with E-state index in [1.54, 1.807) is 12.4 Å². The van der Waals surface area contributed by atoms with Gasteiger partial charge in [-0.3, -0.25) is 30.2 Å². The van der Waals surface area contributed by atoms with E-state index in [1.165, 1.54) is 24.3 Å². The third-order valence-corrected chi connectivity index (χ3v) is 4.99. The number of rotatable bonds is 4. The standard InChI is InChI=1S/C12H8N2.2C7H5NO4.H2O.Zn/c1-3-9-5-6-10-4-2-8-14-12(10)11(9)13-7-1;2*9-7(10)5-3-1-2-4-6(5)8(11)12;;/h1-8H;2*1-4H,(H,9,10);1H2;/q;;;;+2/p-1.